The number of hydrogen-bond donors (Lipinski definition) is 1. The molecule has 168 valence electrons. The van der Waals surface area contributed by atoms with E-state index >= 15 is 0 Å². The lowest BCUT2D eigenvalue weighted by Crippen LogP contribution is -2.35. The van der Waals surface area contributed by atoms with Crippen LogP contribution in [0.2, 0.25) is 5.02 Å². The van der Waals surface area contributed by atoms with Gasteiger partial charge in [-0.15, -0.1) is 11.8 Å². The highest BCUT2D eigenvalue weighted by atomic mass is 35.5. The van der Waals surface area contributed by atoms with Gasteiger partial charge in [-0.3, -0.25) is 4.79 Å². The van der Waals surface area contributed by atoms with Crippen molar-refractivity contribution in [3.8, 4) is 5.75 Å². The van der Waals surface area contributed by atoms with Crippen molar-refractivity contribution in [1.82, 2.24) is 9.62 Å². The zero-order valence-corrected chi connectivity index (χ0v) is 19.6. The minimum absolute atomic E-state index is 0.0504. The molecule has 1 aliphatic heterocycles. The van der Waals surface area contributed by atoms with Gasteiger partial charge in [-0.1, -0.05) is 30.2 Å². The van der Waals surface area contributed by atoms with Crippen molar-refractivity contribution in [2.24, 2.45) is 0 Å². The molecule has 0 unspecified atom stereocenters. The van der Waals surface area contributed by atoms with E-state index in [9.17, 15) is 13.2 Å². The minimum atomic E-state index is -3.43. The minimum Gasteiger partial charge on any atom is -0.492 e. The van der Waals surface area contributed by atoms with E-state index in [1.165, 1.54) is 11.8 Å². The zero-order valence-electron chi connectivity index (χ0n) is 17.3. The lowest BCUT2D eigenvalue weighted by atomic mass is 10.2. The molecule has 0 atom stereocenters. The fourth-order valence-electron chi connectivity index (χ4n) is 3.21. The van der Waals surface area contributed by atoms with E-state index in [0.29, 0.717) is 42.8 Å². The van der Waals surface area contributed by atoms with E-state index in [2.05, 4.69) is 5.32 Å². The summed E-state index contributed by atoms with van der Waals surface area (Å²) in [4.78, 5) is 12.2. The Hall–Kier alpha value is -1.74. The summed E-state index contributed by atoms with van der Waals surface area (Å²) < 4.78 is 32.5. The summed E-state index contributed by atoms with van der Waals surface area (Å²) in [7, 11) is -3.43. The molecule has 1 N–H and O–H groups in total. The first-order valence-electron chi connectivity index (χ1n) is 10.3. The fraction of sp³-hybridized carbons (Fsp3) is 0.409. The Labute approximate surface area is 193 Å². The first-order chi connectivity index (χ1) is 14.9. The van der Waals surface area contributed by atoms with E-state index in [1.807, 2.05) is 24.3 Å². The predicted octanol–water partition coefficient (Wildman–Crippen LogP) is 3.94. The van der Waals surface area contributed by atoms with Gasteiger partial charge in [0.25, 0.3) is 0 Å². The normalized spacial score (nSPS) is 14.9. The van der Waals surface area contributed by atoms with E-state index in [-0.39, 0.29) is 10.8 Å². The van der Waals surface area contributed by atoms with E-state index < -0.39 is 10.0 Å². The predicted molar refractivity (Wildman–Crippen MR) is 125 cm³/mol. The van der Waals surface area contributed by atoms with Crippen molar-refractivity contribution in [3.63, 3.8) is 0 Å². The molecule has 2 aromatic carbocycles. The van der Waals surface area contributed by atoms with Crippen LogP contribution in [-0.2, 0) is 20.6 Å². The molecular weight excluding hydrogens is 456 g/mol. The van der Waals surface area contributed by atoms with Crippen molar-refractivity contribution in [3.05, 3.63) is 59.1 Å². The number of sulfonamides is 1. The third-order valence-corrected chi connectivity index (χ3v) is 8.05. The molecule has 0 aromatic heterocycles. The van der Waals surface area contributed by atoms with E-state index in [4.69, 9.17) is 16.3 Å². The van der Waals surface area contributed by atoms with Gasteiger partial charge in [-0.2, -0.15) is 4.31 Å². The Morgan fingerprint density at radius 1 is 1.03 bits per heavy atom. The van der Waals surface area contributed by atoms with Crippen LogP contribution in [0.1, 0.15) is 24.8 Å². The number of nitrogens with zero attached hydrogens (tertiary/aromatic N) is 1. The van der Waals surface area contributed by atoms with Gasteiger partial charge in [-0.25, -0.2) is 8.42 Å². The maximum absolute atomic E-state index is 12.7. The number of carbonyl (C=O) groups excluding carboxylic acids is 1. The van der Waals surface area contributed by atoms with Gasteiger partial charge >= 0.3 is 0 Å². The second kappa shape index (κ2) is 11.8. The van der Waals surface area contributed by atoms with Crippen molar-refractivity contribution in [1.29, 1.82) is 0 Å². The van der Waals surface area contributed by atoms with E-state index in [0.717, 1.165) is 30.6 Å². The third-order valence-electron chi connectivity index (χ3n) is 4.88. The zero-order chi connectivity index (χ0) is 22.1. The summed E-state index contributed by atoms with van der Waals surface area (Å²) in [6.07, 6.45) is 2.90. The number of amides is 1. The van der Waals surface area contributed by atoms with Gasteiger partial charge in [0, 0.05) is 23.9 Å². The van der Waals surface area contributed by atoms with Crippen LogP contribution in [0.15, 0.2) is 53.4 Å². The van der Waals surface area contributed by atoms with Crippen LogP contribution in [0.4, 0.5) is 0 Å². The second-order valence-corrected chi connectivity index (χ2v) is 10.6. The molecule has 3 rings (SSSR count). The van der Waals surface area contributed by atoms with Crippen LogP contribution >= 0.6 is 23.4 Å². The molecule has 9 heteroatoms. The quantitative estimate of drug-likeness (QED) is 0.519. The largest absolute Gasteiger partial charge is 0.492 e. The fourth-order valence-corrected chi connectivity index (χ4v) is 5.68. The molecule has 2 aromatic rings. The Balaban J connectivity index is 1.34. The topological polar surface area (TPSA) is 75.7 Å². The molecule has 1 fully saturated rings. The standard InChI is InChI=1S/C22H27ClN2O4S2/c23-19-6-4-18(5-7-19)16-30-17-22(26)24-12-15-29-20-8-10-21(11-9-20)31(27,28)25-13-2-1-3-14-25/h4-11H,1-3,12-17H2,(H,24,26). The van der Waals surface area contributed by atoms with Crippen molar-refractivity contribution in [2.45, 2.75) is 29.9 Å². The molecule has 0 spiro atoms. The number of thioether (sulfide) groups is 1. The molecule has 1 heterocycles. The number of piperidine rings is 1. The maximum atomic E-state index is 12.7. The number of hydrogen-bond acceptors (Lipinski definition) is 5. The summed E-state index contributed by atoms with van der Waals surface area (Å²) in [5, 5.41) is 3.52. The number of nitrogens with one attached hydrogen (secondary N) is 1. The third kappa shape index (κ3) is 7.42. The van der Waals surface area contributed by atoms with Gasteiger partial charge in [0.2, 0.25) is 15.9 Å². The maximum Gasteiger partial charge on any atom is 0.243 e. The highest BCUT2D eigenvalue weighted by Crippen LogP contribution is 2.22. The lowest BCUT2D eigenvalue weighted by Gasteiger charge is -2.25. The Bertz CT molecular complexity index is 944. The number of ether oxygens (including phenoxy) is 1. The van der Waals surface area contributed by atoms with E-state index in [1.54, 1.807) is 28.6 Å². The summed E-state index contributed by atoms with van der Waals surface area (Å²) in [5.74, 6) is 1.63. The van der Waals surface area contributed by atoms with Crippen LogP contribution in [0, 0.1) is 0 Å². The Kier molecular flexibility index (Phi) is 9.07. The van der Waals surface area contributed by atoms with Crippen LogP contribution in [0.5, 0.6) is 5.75 Å². The molecule has 1 aliphatic rings. The highest BCUT2D eigenvalue weighted by molar-refractivity contribution is 7.99. The molecule has 1 amide bonds. The van der Waals surface area contributed by atoms with Crippen LogP contribution in [-0.4, -0.2) is 50.6 Å². The molecular formula is C22H27ClN2O4S2. The van der Waals surface area contributed by atoms with Crippen molar-refractivity contribution >= 4 is 39.3 Å². The van der Waals surface area contributed by atoms with Crippen molar-refractivity contribution in [2.75, 3.05) is 32.0 Å². The van der Waals surface area contributed by atoms with Gasteiger partial charge in [-0.05, 0) is 54.8 Å². The SMILES string of the molecule is O=C(CSCc1ccc(Cl)cc1)NCCOc1ccc(S(=O)(=O)N2CCCCC2)cc1. The van der Waals surface area contributed by atoms with Crippen molar-refractivity contribution < 1.29 is 17.9 Å². The van der Waals surface area contributed by atoms with Crippen LogP contribution in [0.25, 0.3) is 0 Å². The number of rotatable bonds is 10. The number of halogens is 1. The molecule has 1 saturated heterocycles. The summed E-state index contributed by atoms with van der Waals surface area (Å²) in [5.41, 5.74) is 1.12. The average Bonchev–Trinajstić information content (AvgIpc) is 2.79. The van der Waals surface area contributed by atoms with Gasteiger partial charge < -0.3 is 10.1 Å². The lowest BCUT2D eigenvalue weighted by molar-refractivity contribution is -0.118. The average molecular weight is 483 g/mol. The number of benzene rings is 2. The van der Waals surface area contributed by atoms with Crippen LogP contribution < -0.4 is 10.1 Å². The summed E-state index contributed by atoms with van der Waals surface area (Å²) in [6.45, 7) is 1.86. The summed E-state index contributed by atoms with van der Waals surface area (Å²) in [6, 6.07) is 14.0. The smallest absolute Gasteiger partial charge is 0.243 e. The second-order valence-electron chi connectivity index (χ2n) is 7.25. The summed E-state index contributed by atoms with van der Waals surface area (Å²) >= 11 is 7.39. The Morgan fingerprint density at radius 3 is 2.39 bits per heavy atom. The van der Waals surface area contributed by atoms with Crippen LogP contribution in [0.3, 0.4) is 0 Å². The monoisotopic (exact) mass is 482 g/mol. The first kappa shape index (κ1) is 23.9. The molecule has 0 saturated carbocycles. The van der Waals surface area contributed by atoms with Gasteiger partial charge in [0.1, 0.15) is 12.4 Å². The molecule has 6 nitrogen and oxygen atoms in total. The molecule has 0 radical (unpaired) electrons. The molecule has 0 aliphatic carbocycles. The first-order valence-corrected chi connectivity index (χ1v) is 13.2. The van der Waals surface area contributed by atoms with Gasteiger partial charge in [0.15, 0.2) is 0 Å². The molecule has 0 bridgehead atoms. The Morgan fingerprint density at radius 2 is 1.71 bits per heavy atom. The van der Waals surface area contributed by atoms with Gasteiger partial charge in [0.05, 0.1) is 17.2 Å². The molecule has 31 heavy (non-hydrogen) atoms. The number of carbonyl (C=O) groups is 1. The highest BCUT2D eigenvalue weighted by Gasteiger charge is 2.25.